The third-order valence-corrected chi connectivity index (χ3v) is 2.14. The molecular formula is C11H20N2O2. The van der Waals surface area contributed by atoms with Crippen LogP contribution < -0.4 is 5.48 Å². The number of nitrogens with one attached hydrogen (secondary N) is 1. The van der Waals surface area contributed by atoms with Crippen LogP contribution in [0.25, 0.3) is 0 Å². The number of carbonyl (C=O) groups excluding carboxylic acids is 1. The lowest BCUT2D eigenvalue weighted by molar-refractivity contribution is -0.153. The Bertz CT molecular complexity index is 243. The quantitative estimate of drug-likeness (QED) is 0.441. The zero-order valence-electron chi connectivity index (χ0n) is 9.91. The topological polar surface area (TPSA) is 50.7 Å². The van der Waals surface area contributed by atoms with Gasteiger partial charge in [0.15, 0.2) is 5.84 Å². The summed E-state index contributed by atoms with van der Waals surface area (Å²) in [5, 5.41) is 0. The predicted octanol–water partition coefficient (Wildman–Crippen LogP) is 2.07. The van der Waals surface area contributed by atoms with Crippen LogP contribution in [-0.4, -0.2) is 18.9 Å². The molecule has 0 aromatic heterocycles. The summed E-state index contributed by atoms with van der Waals surface area (Å²) in [6, 6.07) is 0. The van der Waals surface area contributed by atoms with Gasteiger partial charge in [-0.05, 0) is 25.8 Å². The molecule has 0 saturated carbocycles. The van der Waals surface area contributed by atoms with E-state index in [2.05, 4.69) is 10.5 Å². The first-order valence-electron chi connectivity index (χ1n) is 5.25. The maximum absolute atomic E-state index is 11.5. The molecule has 4 nitrogen and oxygen atoms in total. The highest BCUT2D eigenvalue weighted by atomic mass is 16.7. The standard InChI is InChI=1S/C11H20N2O2/c1-5-8-10(12-4)13-15-11(14)9(6-2)7-3/h5,8-9H,6-7H2,1-4H3,(H,12,13)/b8-5-. The Morgan fingerprint density at radius 2 is 2.07 bits per heavy atom. The van der Waals surface area contributed by atoms with Crippen molar-refractivity contribution in [2.24, 2.45) is 10.9 Å². The van der Waals surface area contributed by atoms with Crippen molar-refractivity contribution in [1.29, 1.82) is 0 Å². The molecule has 0 bridgehead atoms. The van der Waals surface area contributed by atoms with Crippen LogP contribution in [0.4, 0.5) is 0 Å². The minimum Gasteiger partial charge on any atom is -0.342 e. The van der Waals surface area contributed by atoms with E-state index in [4.69, 9.17) is 4.84 Å². The van der Waals surface area contributed by atoms with Crippen LogP contribution in [0.2, 0.25) is 0 Å². The van der Waals surface area contributed by atoms with Gasteiger partial charge in [-0.15, -0.1) is 0 Å². The molecule has 4 heteroatoms. The van der Waals surface area contributed by atoms with Crippen molar-refractivity contribution in [3.63, 3.8) is 0 Å². The van der Waals surface area contributed by atoms with Crippen molar-refractivity contribution in [3.05, 3.63) is 12.2 Å². The monoisotopic (exact) mass is 212 g/mol. The van der Waals surface area contributed by atoms with Crippen LogP contribution in [0.15, 0.2) is 17.1 Å². The van der Waals surface area contributed by atoms with Crippen LogP contribution >= 0.6 is 0 Å². The smallest absolute Gasteiger partial charge is 0.335 e. The van der Waals surface area contributed by atoms with Gasteiger partial charge in [0.2, 0.25) is 0 Å². The van der Waals surface area contributed by atoms with Crippen LogP contribution in [0.1, 0.15) is 33.6 Å². The first-order chi connectivity index (χ1) is 7.19. The fourth-order valence-corrected chi connectivity index (χ4v) is 1.12. The van der Waals surface area contributed by atoms with Crippen molar-refractivity contribution in [2.75, 3.05) is 7.05 Å². The second-order valence-electron chi connectivity index (χ2n) is 3.15. The molecule has 0 spiro atoms. The van der Waals surface area contributed by atoms with Crippen LogP contribution in [0, 0.1) is 5.92 Å². The number of carbonyl (C=O) groups is 1. The summed E-state index contributed by atoms with van der Waals surface area (Å²) in [6.07, 6.45) is 5.14. The normalized spacial score (nSPS) is 12.2. The predicted molar refractivity (Wildman–Crippen MR) is 61.5 cm³/mol. The maximum atomic E-state index is 11.5. The molecule has 86 valence electrons. The fourth-order valence-electron chi connectivity index (χ4n) is 1.12. The highest BCUT2D eigenvalue weighted by molar-refractivity contribution is 5.92. The van der Waals surface area contributed by atoms with Gasteiger partial charge < -0.3 is 4.84 Å². The largest absolute Gasteiger partial charge is 0.342 e. The van der Waals surface area contributed by atoms with E-state index in [0.29, 0.717) is 5.84 Å². The number of hydroxylamine groups is 1. The summed E-state index contributed by atoms with van der Waals surface area (Å²) in [5.74, 6) is 0.267. The molecule has 0 aliphatic heterocycles. The molecule has 0 heterocycles. The molecule has 0 rings (SSSR count). The average Bonchev–Trinajstić information content (AvgIpc) is 2.25. The highest BCUT2D eigenvalue weighted by Crippen LogP contribution is 2.08. The summed E-state index contributed by atoms with van der Waals surface area (Å²) in [7, 11) is 1.63. The van der Waals surface area contributed by atoms with Gasteiger partial charge in [-0.2, -0.15) is 0 Å². The summed E-state index contributed by atoms with van der Waals surface area (Å²) in [5.41, 5.74) is 2.53. The van der Waals surface area contributed by atoms with E-state index < -0.39 is 0 Å². The Labute approximate surface area is 91.4 Å². The van der Waals surface area contributed by atoms with Crippen molar-refractivity contribution in [1.82, 2.24) is 5.48 Å². The number of aliphatic imine (C=N–C) groups is 1. The SMILES string of the molecule is C/C=C\C(=NC)NOC(=O)C(CC)CC. The molecular weight excluding hydrogens is 192 g/mol. The number of allylic oxidation sites excluding steroid dienone is 1. The zero-order chi connectivity index (χ0) is 11.7. The Hall–Kier alpha value is -1.32. The molecule has 0 aromatic carbocycles. The van der Waals surface area contributed by atoms with Crippen molar-refractivity contribution < 1.29 is 9.63 Å². The van der Waals surface area contributed by atoms with Gasteiger partial charge >= 0.3 is 5.97 Å². The van der Waals surface area contributed by atoms with Crippen molar-refractivity contribution in [2.45, 2.75) is 33.6 Å². The third kappa shape index (κ3) is 5.20. The Morgan fingerprint density at radius 3 is 2.47 bits per heavy atom. The summed E-state index contributed by atoms with van der Waals surface area (Å²) in [6.45, 7) is 5.81. The van der Waals surface area contributed by atoms with E-state index in [9.17, 15) is 4.79 Å². The number of hydrogen-bond acceptors (Lipinski definition) is 3. The lowest BCUT2D eigenvalue weighted by atomic mass is 10.0. The molecule has 0 radical (unpaired) electrons. The minimum absolute atomic E-state index is 0.0405. The fraction of sp³-hybridized carbons (Fsp3) is 0.636. The van der Waals surface area contributed by atoms with E-state index >= 15 is 0 Å². The number of rotatable bonds is 4. The van der Waals surface area contributed by atoms with Crippen LogP contribution in [0.5, 0.6) is 0 Å². The first kappa shape index (κ1) is 13.7. The molecule has 1 N–H and O–H groups in total. The molecule has 0 atom stereocenters. The number of nitrogens with zero attached hydrogens (tertiary/aromatic N) is 1. The molecule has 0 saturated heterocycles. The minimum atomic E-state index is -0.231. The lowest BCUT2D eigenvalue weighted by Crippen LogP contribution is -2.29. The van der Waals surface area contributed by atoms with Crippen LogP contribution in [-0.2, 0) is 9.63 Å². The highest BCUT2D eigenvalue weighted by Gasteiger charge is 2.16. The molecule has 0 unspecified atom stereocenters. The van der Waals surface area contributed by atoms with E-state index in [1.54, 1.807) is 13.1 Å². The molecule has 0 amide bonds. The van der Waals surface area contributed by atoms with E-state index in [1.165, 1.54) is 0 Å². The van der Waals surface area contributed by atoms with E-state index in [-0.39, 0.29) is 11.9 Å². The van der Waals surface area contributed by atoms with Gasteiger partial charge in [0, 0.05) is 7.05 Å². The van der Waals surface area contributed by atoms with E-state index in [1.807, 2.05) is 26.8 Å². The van der Waals surface area contributed by atoms with Gasteiger partial charge in [-0.3, -0.25) is 4.99 Å². The lowest BCUT2D eigenvalue weighted by Gasteiger charge is -2.11. The third-order valence-electron chi connectivity index (χ3n) is 2.14. The van der Waals surface area contributed by atoms with Gasteiger partial charge in [-0.1, -0.05) is 19.9 Å². The van der Waals surface area contributed by atoms with Gasteiger partial charge in [0.25, 0.3) is 0 Å². The number of hydrogen-bond donors (Lipinski definition) is 1. The van der Waals surface area contributed by atoms with Gasteiger partial charge in [0.1, 0.15) is 0 Å². The number of amidine groups is 1. The zero-order valence-corrected chi connectivity index (χ0v) is 9.91. The summed E-state index contributed by atoms with van der Waals surface area (Å²) >= 11 is 0. The average molecular weight is 212 g/mol. The Morgan fingerprint density at radius 1 is 1.47 bits per heavy atom. The van der Waals surface area contributed by atoms with Crippen LogP contribution in [0.3, 0.4) is 0 Å². The second-order valence-corrected chi connectivity index (χ2v) is 3.15. The van der Waals surface area contributed by atoms with Gasteiger partial charge in [-0.25, -0.2) is 10.3 Å². The molecule has 0 aliphatic carbocycles. The summed E-state index contributed by atoms with van der Waals surface area (Å²) < 4.78 is 0. The van der Waals surface area contributed by atoms with Gasteiger partial charge in [0.05, 0.1) is 5.92 Å². The maximum Gasteiger partial charge on any atom is 0.335 e. The Kier molecular flexibility index (Phi) is 7.32. The molecule has 0 fully saturated rings. The van der Waals surface area contributed by atoms with Crippen molar-refractivity contribution >= 4 is 11.8 Å². The molecule has 0 aromatic rings. The summed E-state index contributed by atoms with van der Waals surface area (Å²) in [4.78, 5) is 20.3. The van der Waals surface area contributed by atoms with E-state index in [0.717, 1.165) is 12.8 Å². The molecule has 0 aliphatic rings. The van der Waals surface area contributed by atoms with Crippen molar-refractivity contribution in [3.8, 4) is 0 Å². The molecule has 15 heavy (non-hydrogen) atoms. The Balaban J connectivity index is 4.09. The first-order valence-corrected chi connectivity index (χ1v) is 5.25. The second kappa shape index (κ2) is 8.03.